The molecule has 1 aliphatic rings. The molecule has 0 aromatic heterocycles. The van der Waals surface area contributed by atoms with Crippen molar-refractivity contribution >= 4 is 0 Å². The van der Waals surface area contributed by atoms with Gasteiger partial charge in [-0.15, -0.1) is 0 Å². The van der Waals surface area contributed by atoms with Crippen molar-refractivity contribution in [2.45, 2.75) is 46.7 Å². The van der Waals surface area contributed by atoms with Crippen molar-refractivity contribution in [3.63, 3.8) is 0 Å². The lowest BCUT2D eigenvalue weighted by Gasteiger charge is -2.38. The lowest BCUT2D eigenvalue weighted by molar-refractivity contribution is -0.0746. The van der Waals surface area contributed by atoms with E-state index in [2.05, 4.69) is 0 Å². The van der Waals surface area contributed by atoms with Gasteiger partial charge in [0.25, 0.3) is 0 Å². The Labute approximate surface area is 90.7 Å². The van der Waals surface area contributed by atoms with Crippen molar-refractivity contribution in [2.75, 3.05) is 19.6 Å². The average molecular weight is 191 g/mol. The highest BCUT2D eigenvalue weighted by Crippen LogP contribution is 2.19. The van der Waals surface area contributed by atoms with Gasteiger partial charge in [0.15, 0.2) is 0 Å². The van der Waals surface area contributed by atoms with Gasteiger partial charge < -0.3 is 4.74 Å². The fraction of sp³-hybridized carbons (Fsp3) is 1.00. The molecule has 1 saturated heterocycles. The van der Waals surface area contributed by atoms with E-state index in [0.29, 0.717) is 6.54 Å². The minimum atomic E-state index is -2.29. The van der Waals surface area contributed by atoms with Gasteiger partial charge in [-0.3, -0.25) is 4.90 Å². The fourth-order valence-corrected chi connectivity index (χ4v) is 1.63. The Kier molecular flexibility index (Phi) is 1.57. The van der Waals surface area contributed by atoms with E-state index in [9.17, 15) is 0 Å². The zero-order chi connectivity index (χ0) is 15.1. The van der Waals surface area contributed by atoms with Crippen molar-refractivity contribution in [3.8, 4) is 0 Å². The maximum Gasteiger partial charge on any atom is 0.0678 e. The van der Waals surface area contributed by atoms with Crippen LogP contribution >= 0.6 is 0 Å². The molecule has 0 amide bonds. The van der Waals surface area contributed by atoms with Gasteiger partial charge >= 0.3 is 0 Å². The van der Waals surface area contributed by atoms with Crippen LogP contribution in [0.4, 0.5) is 0 Å². The third-order valence-electron chi connectivity index (χ3n) is 1.87. The first kappa shape index (κ1) is 5.13. The van der Waals surface area contributed by atoms with Gasteiger partial charge in [0.1, 0.15) is 0 Å². The summed E-state index contributed by atoms with van der Waals surface area (Å²) in [6, 6.07) is 0. The summed E-state index contributed by atoms with van der Waals surface area (Å²) in [5.41, 5.74) is -0.0179. The van der Waals surface area contributed by atoms with Gasteiger partial charge in [-0.25, -0.2) is 0 Å². The number of hydrogen-bond donors (Lipinski definition) is 0. The third-order valence-corrected chi connectivity index (χ3v) is 1.87. The summed E-state index contributed by atoms with van der Waals surface area (Å²) in [4.78, 5) is 1.89. The van der Waals surface area contributed by atoms with Crippen LogP contribution in [-0.2, 0) is 4.74 Å². The molecule has 0 N–H and O–H groups in total. The van der Waals surface area contributed by atoms with E-state index in [0.717, 1.165) is 0 Å². The van der Waals surface area contributed by atoms with Gasteiger partial charge in [0.05, 0.1) is 12.2 Å². The zero-order valence-corrected chi connectivity index (χ0v) is 8.63. The smallest absolute Gasteiger partial charge is 0.0678 e. The predicted octanol–water partition coefficient (Wildman–Crippen LogP) is 2.14. The molecule has 0 saturated carbocycles. The lowest BCUT2D eigenvalue weighted by atomic mass is 9.95. The van der Waals surface area contributed by atoms with E-state index in [4.69, 9.17) is 13.0 Å². The molecule has 13 heavy (non-hydrogen) atoms. The molecule has 1 rings (SSSR count). The molecule has 2 nitrogen and oxygen atoms in total. The number of morpholine rings is 1. The van der Waals surface area contributed by atoms with E-state index in [1.807, 2.05) is 25.7 Å². The summed E-state index contributed by atoms with van der Waals surface area (Å²) in [7, 11) is 0. The van der Waals surface area contributed by atoms with Crippen LogP contribution in [0.3, 0.4) is 0 Å². The molecule has 0 radical (unpaired) electrons. The van der Waals surface area contributed by atoms with Crippen molar-refractivity contribution in [1.29, 1.82) is 0 Å². The molecule has 1 aliphatic heterocycles. The standard InChI is InChI=1S/C11H23NO/c1-9-6-12(7-10(2)13-9)8-11(3,4)5/h9-10H,6-8H2,1-5H3/i1D3,2D3. The first-order chi connectivity index (χ1) is 8.29. The van der Waals surface area contributed by atoms with Crippen molar-refractivity contribution in [2.24, 2.45) is 5.41 Å². The summed E-state index contributed by atoms with van der Waals surface area (Å²) in [6.45, 7) is 2.68. The van der Waals surface area contributed by atoms with E-state index < -0.39 is 25.9 Å². The molecule has 0 aromatic carbocycles. The highest BCUT2D eigenvalue weighted by Gasteiger charge is 2.25. The molecule has 0 aliphatic carbocycles. The molecule has 2 unspecified atom stereocenters. The monoisotopic (exact) mass is 191 g/mol. The summed E-state index contributed by atoms with van der Waals surface area (Å²) < 4.78 is 49.9. The minimum absolute atomic E-state index is 0.0179. The Bertz CT molecular complexity index is 284. The third kappa shape index (κ3) is 4.10. The van der Waals surface area contributed by atoms with Gasteiger partial charge in [0.2, 0.25) is 0 Å². The normalized spacial score (nSPS) is 40.8. The fourth-order valence-electron chi connectivity index (χ4n) is 1.63. The lowest BCUT2D eigenvalue weighted by Crippen LogP contribution is -2.48. The predicted molar refractivity (Wildman–Crippen MR) is 55.9 cm³/mol. The number of ether oxygens (including phenoxy) is 1. The van der Waals surface area contributed by atoms with Crippen LogP contribution in [0.1, 0.15) is 42.7 Å². The van der Waals surface area contributed by atoms with Gasteiger partial charge in [-0.2, -0.15) is 0 Å². The number of hydrogen-bond acceptors (Lipinski definition) is 2. The zero-order valence-electron chi connectivity index (χ0n) is 14.6. The van der Waals surface area contributed by atoms with Crippen LogP contribution < -0.4 is 0 Å². The summed E-state index contributed by atoms with van der Waals surface area (Å²) in [5, 5.41) is 0. The van der Waals surface area contributed by atoms with Gasteiger partial charge in [0, 0.05) is 27.9 Å². The van der Waals surface area contributed by atoms with E-state index >= 15 is 0 Å². The maximum absolute atomic E-state index is 7.44. The van der Waals surface area contributed by atoms with Crippen LogP contribution in [0.15, 0.2) is 0 Å². The van der Waals surface area contributed by atoms with Crippen molar-refractivity contribution < 1.29 is 13.0 Å². The Morgan fingerprint density at radius 2 is 1.85 bits per heavy atom. The molecular weight excluding hydrogens is 162 g/mol. The quantitative estimate of drug-likeness (QED) is 0.629. The van der Waals surface area contributed by atoms with E-state index in [1.165, 1.54) is 0 Å². The molecule has 0 bridgehead atoms. The van der Waals surface area contributed by atoms with Crippen molar-refractivity contribution in [3.05, 3.63) is 0 Å². The molecule has 0 aromatic rings. The van der Waals surface area contributed by atoms with Crippen LogP contribution in [0.25, 0.3) is 0 Å². The first-order valence-corrected chi connectivity index (χ1v) is 4.67. The largest absolute Gasteiger partial charge is 0.373 e. The maximum atomic E-state index is 7.44. The molecule has 2 atom stereocenters. The Morgan fingerprint density at radius 3 is 2.23 bits per heavy atom. The number of nitrogens with zero attached hydrogens (tertiary/aromatic N) is 1. The molecule has 1 heterocycles. The Hall–Kier alpha value is -0.0800. The second-order valence-corrected chi connectivity index (χ2v) is 4.87. The van der Waals surface area contributed by atoms with Gasteiger partial charge in [-0.1, -0.05) is 20.8 Å². The molecule has 2 heteroatoms. The molecular formula is C11H23NO. The summed E-state index contributed by atoms with van der Waals surface area (Å²) >= 11 is 0. The molecule has 1 fully saturated rings. The van der Waals surface area contributed by atoms with Gasteiger partial charge in [-0.05, 0) is 19.1 Å². The Balaban J connectivity index is 2.84. The highest BCUT2D eigenvalue weighted by molar-refractivity contribution is 4.77. The van der Waals surface area contributed by atoms with Crippen LogP contribution in [0.5, 0.6) is 0 Å². The topological polar surface area (TPSA) is 12.5 Å². The number of rotatable bonds is 1. The molecule has 0 spiro atoms. The average Bonchev–Trinajstić information content (AvgIpc) is 2.11. The highest BCUT2D eigenvalue weighted by atomic mass is 16.5. The van der Waals surface area contributed by atoms with Crippen LogP contribution in [0, 0.1) is 5.41 Å². The Morgan fingerprint density at radius 1 is 1.31 bits per heavy atom. The molecule has 78 valence electrons. The van der Waals surface area contributed by atoms with Crippen LogP contribution in [-0.4, -0.2) is 36.7 Å². The summed E-state index contributed by atoms with van der Waals surface area (Å²) in [5.74, 6) is 0. The SMILES string of the molecule is [2H]C([2H])([2H])C1CN(CC(C)(C)C)CC(C([2H])([2H])[2H])O1. The summed E-state index contributed by atoms with van der Waals surface area (Å²) in [6.07, 6.45) is -2.07. The second-order valence-electron chi connectivity index (χ2n) is 4.87. The first-order valence-electron chi connectivity index (χ1n) is 7.67. The van der Waals surface area contributed by atoms with E-state index in [1.54, 1.807) is 0 Å². The van der Waals surface area contributed by atoms with Crippen molar-refractivity contribution in [1.82, 2.24) is 4.90 Å². The second kappa shape index (κ2) is 3.97. The van der Waals surface area contributed by atoms with E-state index in [-0.39, 0.29) is 18.5 Å². The minimum Gasteiger partial charge on any atom is -0.373 e. The van der Waals surface area contributed by atoms with Crippen LogP contribution in [0.2, 0.25) is 0 Å².